The van der Waals surface area contributed by atoms with E-state index in [4.69, 9.17) is 12.2 Å². The van der Waals surface area contributed by atoms with Crippen LogP contribution in [0, 0.1) is 18.3 Å². The summed E-state index contributed by atoms with van der Waals surface area (Å²) in [6, 6.07) is 12.5. The molecule has 2 aliphatic rings. The molecule has 3 heterocycles. The van der Waals surface area contributed by atoms with Gasteiger partial charge in [-0.2, -0.15) is 5.26 Å². The smallest absolute Gasteiger partial charge is 0.270 e. The number of thiocarbonyl (C=S) groups is 1. The topological polar surface area (TPSA) is 73.8 Å². The molecule has 2 aromatic rings. The third-order valence-electron chi connectivity index (χ3n) is 6.50. The molecule has 9 heteroatoms. The summed E-state index contributed by atoms with van der Waals surface area (Å²) in [5.41, 5.74) is 2.38. The molecule has 2 aliphatic heterocycles. The standard InChI is InChI=1S/C26H27N5O2S2/c1-4-10-31-25(33)22(35-26(31)34)15-20-18(2)21(16-27)24(32)28(3)23(20)30-13-11-29(12-14-30)17-19-8-6-5-7-9-19/h4-9,15H,1,10-14,17H2,2-3H3/p+1/b22-15-. The van der Waals surface area contributed by atoms with Crippen molar-refractivity contribution >= 4 is 46.1 Å². The van der Waals surface area contributed by atoms with Crippen molar-refractivity contribution in [2.45, 2.75) is 13.5 Å². The summed E-state index contributed by atoms with van der Waals surface area (Å²) in [6.07, 6.45) is 3.43. The second-order valence-corrected chi connectivity index (χ2v) is 10.4. The lowest BCUT2D eigenvalue weighted by Gasteiger charge is -2.35. The fraction of sp³-hybridized carbons (Fsp3) is 0.308. The number of amides is 1. The first kappa shape index (κ1) is 24.9. The number of pyridine rings is 1. The number of nitrogens with one attached hydrogen (secondary N) is 1. The fourth-order valence-corrected chi connectivity index (χ4v) is 5.86. The van der Waals surface area contributed by atoms with Gasteiger partial charge in [-0.25, -0.2) is 0 Å². The number of hydrogen-bond acceptors (Lipinski definition) is 6. The van der Waals surface area contributed by atoms with E-state index in [9.17, 15) is 14.9 Å². The molecule has 0 spiro atoms. The van der Waals surface area contributed by atoms with Crippen LogP contribution in [0.5, 0.6) is 0 Å². The largest absolute Gasteiger partial charge is 0.346 e. The van der Waals surface area contributed by atoms with Gasteiger partial charge in [-0.05, 0) is 18.6 Å². The number of quaternary nitrogens is 1. The molecule has 1 amide bonds. The summed E-state index contributed by atoms with van der Waals surface area (Å²) in [7, 11) is 1.70. The molecule has 0 saturated carbocycles. The minimum Gasteiger partial charge on any atom is -0.346 e. The first-order valence-corrected chi connectivity index (χ1v) is 12.7. The molecule has 0 unspecified atom stereocenters. The van der Waals surface area contributed by atoms with E-state index in [0.29, 0.717) is 26.9 Å². The molecule has 0 radical (unpaired) electrons. The first-order chi connectivity index (χ1) is 16.8. The predicted octanol–water partition coefficient (Wildman–Crippen LogP) is 1.86. The highest BCUT2D eigenvalue weighted by atomic mass is 32.2. The molecule has 0 aliphatic carbocycles. The molecule has 7 nitrogen and oxygen atoms in total. The average molecular weight is 507 g/mol. The van der Waals surface area contributed by atoms with Crippen molar-refractivity contribution in [3.05, 3.63) is 80.5 Å². The molecule has 4 rings (SSSR count). The van der Waals surface area contributed by atoms with E-state index < -0.39 is 0 Å². The van der Waals surface area contributed by atoms with Crippen molar-refractivity contribution in [3.8, 4) is 6.07 Å². The summed E-state index contributed by atoms with van der Waals surface area (Å²) in [4.78, 5) is 31.7. The van der Waals surface area contributed by atoms with Gasteiger partial charge in [-0.3, -0.25) is 19.1 Å². The number of thioether (sulfide) groups is 1. The number of nitrogens with zero attached hydrogens (tertiary/aromatic N) is 4. The predicted molar refractivity (Wildman–Crippen MR) is 144 cm³/mol. The number of nitriles is 1. The first-order valence-electron chi connectivity index (χ1n) is 11.5. The average Bonchev–Trinajstić information content (AvgIpc) is 3.12. The number of carbonyl (C=O) groups excluding carboxylic acids is 1. The van der Waals surface area contributed by atoms with E-state index in [0.717, 1.165) is 38.5 Å². The number of rotatable bonds is 6. The highest BCUT2D eigenvalue weighted by Gasteiger charge is 2.33. The van der Waals surface area contributed by atoms with Crippen LogP contribution in [0.3, 0.4) is 0 Å². The number of piperazine rings is 1. The molecular weight excluding hydrogens is 478 g/mol. The monoisotopic (exact) mass is 506 g/mol. The van der Waals surface area contributed by atoms with E-state index in [1.165, 1.54) is 27.1 Å². The van der Waals surface area contributed by atoms with Crippen LogP contribution < -0.4 is 15.4 Å². The van der Waals surface area contributed by atoms with Crippen molar-refractivity contribution in [1.82, 2.24) is 9.47 Å². The zero-order valence-corrected chi connectivity index (χ0v) is 21.5. The van der Waals surface area contributed by atoms with E-state index in [-0.39, 0.29) is 17.0 Å². The van der Waals surface area contributed by atoms with Gasteiger partial charge in [0.05, 0.1) is 31.1 Å². The Hall–Kier alpha value is -3.19. The Morgan fingerprint density at radius 2 is 1.91 bits per heavy atom. The molecule has 0 atom stereocenters. The summed E-state index contributed by atoms with van der Waals surface area (Å²) in [6.45, 7) is 10.1. The van der Waals surface area contributed by atoms with E-state index in [1.54, 1.807) is 30.7 Å². The van der Waals surface area contributed by atoms with Gasteiger partial charge < -0.3 is 9.80 Å². The minimum absolute atomic E-state index is 0.0948. The van der Waals surface area contributed by atoms with Gasteiger partial charge >= 0.3 is 0 Å². The van der Waals surface area contributed by atoms with Gasteiger partial charge in [0.15, 0.2) is 0 Å². The maximum absolute atomic E-state index is 13.0. The zero-order chi connectivity index (χ0) is 25.1. The molecule has 1 N–H and O–H groups in total. The van der Waals surface area contributed by atoms with Gasteiger partial charge in [0.25, 0.3) is 11.5 Å². The van der Waals surface area contributed by atoms with E-state index in [2.05, 4.69) is 41.8 Å². The van der Waals surface area contributed by atoms with Crippen molar-refractivity contribution in [3.63, 3.8) is 0 Å². The number of aromatic nitrogens is 1. The second kappa shape index (κ2) is 10.6. The van der Waals surface area contributed by atoms with E-state index >= 15 is 0 Å². The lowest BCUT2D eigenvalue weighted by atomic mass is 10.0. The maximum Gasteiger partial charge on any atom is 0.270 e. The van der Waals surface area contributed by atoms with Gasteiger partial charge in [-0.15, -0.1) is 6.58 Å². The Bertz CT molecular complexity index is 1300. The SMILES string of the molecule is C=CCN1C(=O)/C(=C/c2c(C)c(C#N)c(=O)n(C)c2N2CC[NH+](Cc3ccccc3)CC2)SC1=S. The summed E-state index contributed by atoms with van der Waals surface area (Å²) in [5, 5.41) is 9.68. The lowest BCUT2D eigenvalue weighted by Crippen LogP contribution is -3.13. The number of anilines is 1. The summed E-state index contributed by atoms with van der Waals surface area (Å²) >= 11 is 6.62. The third-order valence-corrected chi connectivity index (χ3v) is 7.87. The second-order valence-electron chi connectivity index (χ2n) is 8.69. The third kappa shape index (κ3) is 4.96. The van der Waals surface area contributed by atoms with Crippen LogP contribution in [0.15, 0.2) is 52.7 Å². The molecule has 1 aromatic carbocycles. The molecule has 0 bridgehead atoms. The fourth-order valence-electron chi connectivity index (χ4n) is 4.61. The molecular formula is C26H28N5O2S2+. The number of benzene rings is 1. The highest BCUT2D eigenvalue weighted by molar-refractivity contribution is 8.26. The van der Waals surface area contributed by atoms with Crippen LogP contribution in [0.25, 0.3) is 6.08 Å². The summed E-state index contributed by atoms with van der Waals surface area (Å²) < 4.78 is 2.02. The van der Waals surface area contributed by atoms with E-state index in [1.807, 2.05) is 6.07 Å². The molecule has 2 saturated heterocycles. The van der Waals surface area contributed by atoms with Crippen LogP contribution in [0.1, 0.15) is 22.3 Å². The minimum atomic E-state index is -0.324. The lowest BCUT2D eigenvalue weighted by molar-refractivity contribution is -0.914. The molecule has 35 heavy (non-hydrogen) atoms. The number of carbonyl (C=O) groups is 1. The van der Waals surface area contributed by atoms with Crippen molar-refractivity contribution in [1.29, 1.82) is 5.26 Å². The zero-order valence-electron chi connectivity index (χ0n) is 19.9. The Morgan fingerprint density at radius 3 is 2.54 bits per heavy atom. The maximum atomic E-state index is 13.0. The van der Waals surface area contributed by atoms with Gasteiger partial charge in [0, 0.05) is 24.7 Å². The van der Waals surface area contributed by atoms with Crippen LogP contribution in [0.4, 0.5) is 5.82 Å². The normalized spacial score (nSPS) is 17.8. The quantitative estimate of drug-likeness (QED) is 0.366. The van der Waals surface area contributed by atoms with Crippen LogP contribution in [-0.2, 0) is 18.4 Å². The Balaban J connectivity index is 1.68. The summed E-state index contributed by atoms with van der Waals surface area (Å²) in [5.74, 6) is 0.550. The van der Waals surface area contributed by atoms with Gasteiger partial charge in [-0.1, -0.05) is 60.4 Å². The Morgan fingerprint density at radius 1 is 1.23 bits per heavy atom. The van der Waals surface area contributed by atoms with Crippen LogP contribution in [-0.4, -0.2) is 52.4 Å². The highest BCUT2D eigenvalue weighted by Crippen LogP contribution is 2.35. The molecule has 1 aromatic heterocycles. The molecule has 180 valence electrons. The van der Waals surface area contributed by atoms with Crippen molar-refractivity contribution < 1.29 is 9.69 Å². The Labute approximate surface area is 214 Å². The van der Waals surface area contributed by atoms with Crippen LogP contribution >= 0.6 is 24.0 Å². The molecule has 2 fully saturated rings. The van der Waals surface area contributed by atoms with Crippen molar-refractivity contribution in [2.75, 3.05) is 37.6 Å². The van der Waals surface area contributed by atoms with Crippen molar-refractivity contribution in [2.24, 2.45) is 7.05 Å². The van der Waals surface area contributed by atoms with Gasteiger partial charge in [0.2, 0.25) is 0 Å². The van der Waals surface area contributed by atoms with Crippen LogP contribution in [0.2, 0.25) is 0 Å². The number of hydrogen-bond donors (Lipinski definition) is 1. The Kier molecular flexibility index (Phi) is 7.55. The van der Waals surface area contributed by atoms with Gasteiger partial charge in [0.1, 0.15) is 28.3 Å².